The van der Waals surface area contributed by atoms with Crippen LogP contribution in [0.4, 0.5) is 0 Å². The largest absolute Gasteiger partial charge is 0.390 e. The third-order valence-electron chi connectivity index (χ3n) is 4.20. The van der Waals surface area contributed by atoms with E-state index >= 15 is 0 Å². The van der Waals surface area contributed by atoms with Crippen molar-refractivity contribution in [3.63, 3.8) is 0 Å². The molecule has 1 aliphatic rings. The van der Waals surface area contributed by atoms with Crippen LogP contribution in [0, 0.1) is 5.92 Å². The Morgan fingerprint density at radius 1 is 1.17 bits per heavy atom. The third kappa shape index (κ3) is 6.72. The summed E-state index contributed by atoms with van der Waals surface area (Å²) in [6, 6.07) is 0. The molecule has 0 bridgehead atoms. The van der Waals surface area contributed by atoms with Gasteiger partial charge in [0.2, 0.25) is 0 Å². The van der Waals surface area contributed by atoms with Crippen molar-refractivity contribution in [3.8, 4) is 0 Å². The zero-order valence-corrected chi connectivity index (χ0v) is 12.3. The highest BCUT2D eigenvalue weighted by Crippen LogP contribution is 2.25. The van der Waals surface area contributed by atoms with Gasteiger partial charge in [-0.2, -0.15) is 0 Å². The molecule has 1 aliphatic carbocycles. The molecular weight excluding hydrogens is 224 g/mol. The Morgan fingerprint density at radius 3 is 2.44 bits per heavy atom. The van der Waals surface area contributed by atoms with Gasteiger partial charge in [0.1, 0.15) is 0 Å². The van der Waals surface area contributed by atoms with Gasteiger partial charge in [0.15, 0.2) is 0 Å². The van der Waals surface area contributed by atoms with E-state index in [1.165, 1.54) is 38.5 Å². The topological polar surface area (TPSA) is 35.5 Å². The van der Waals surface area contributed by atoms with Gasteiger partial charge >= 0.3 is 0 Å². The summed E-state index contributed by atoms with van der Waals surface area (Å²) in [4.78, 5) is 2.27. The van der Waals surface area contributed by atoms with E-state index in [0.717, 1.165) is 38.6 Å². The van der Waals surface area contributed by atoms with Crippen LogP contribution in [-0.4, -0.2) is 48.8 Å². The molecule has 0 aliphatic heterocycles. The lowest BCUT2D eigenvalue weighted by Crippen LogP contribution is -2.38. The summed E-state index contributed by atoms with van der Waals surface area (Å²) < 4.78 is 0. The Hall–Kier alpha value is -0.120. The molecule has 1 fully saturated rings. The van der Waals surface area contributed by atoms with Gasteiger partial charge < -0.3 is 15.3 Å². The van der Waals surface area contributed by atoms with Crippen molar-refractivity contribution in [2.24, 2.45) is 5.92 Å². The lowest BCUT2D eigenvalue weighted by molar-refractivity contribution is 0.116. The molecule has 18 heavy (non-hydrogen) atoms. The highest BCUT2D eigenvalue weighted by Gasteiger charge is 2.13. The van der Waals surface area contributed by atoms with Crippen molar-refractivity contribution in [3.05, 3.63) is 0 Å². The van der Waals surface area contributed by atoms with Crippen LogP contribution in [0.25, 0.3) is 0 Å². The summed E-state index contributed by atoms with van der Waals surface area (Å²) >= 11 is 0. The SMILES string of the molecule is CCN(CC)CC(O)CNCCC1CCCCC1. The Bertz CT molecular complexity index is 189. The zero-order chi connectivity index (χ0) is 13.2. The predicted molar refractivity (Wildman–Crippen MR) is 77.9 cm³/mol. The second-order valence-electron chi connectivity index (χ2n) is 5.64. The lowest BCUT2D eigenvalue weighted by Gasteiger charge is -2.23. The molecule has 0 radical (unpaired) electrons. The summed E-state index contributed by atoms with van der Waals surface area (Å²) in [6.07, 6.45) is 8.19. The average molecular weight is 256 g/mol. The molecule has 0 aromatic heterocycles. The molecule has 1 atom stereocenters. The minimum absolute atomic E-state index is 0.226. The molecule has 2 N–H and O–H groups in total. The standard InChI is InChI=1S/C15H32N2O/c1-3-17(4-2)13-15(18)12-16-11-10-14-8-6-5-7-9-14/h14-16,18H,3-13H2,1-2H3. The van der Waals surface area contributed by atoms with Gasteiger partial charge in [0.25, 0.3) is 0 Å². The van der Waals surface area contributed by atoms with Crippen molar-refractivity contribution in [1.82, 2.24) is 10.2 Å². The maximum Gasteiger partial charge on any atom is 0.0791 e. The molecule has 3 nitrogen and oxygen atoms in total. The van der Waals surface area contributed by atoms with Crippen LogP contribution in [0.1, 0.15) is 52.4 Å². The Morgan fingerprint density at radius 2 is 1.83 bits per heavy atom. The van der Waals surface area contributed by atoms with Gasteiger partial charge in [0.05, 0.1) is 6.10 Å². The number of nitrogens with zero attached hydrogens (tertiary/aromatic N) is 1. The van der Waals surface area contributed by atoms with Crippen molar-refractivity contribution in [2.75, 3.05) is 32.7 Å². The number of nitrogens with one attached hydrogen (secondary N) is 1. The molecule has 0 heterocycles. The molecule has 3 heteroatoms. The molecule has 1 rings (SSSR count). The van der Waals surface area contributed by atoms with Crippen LogP contribution in [0.2, 0.25) is 0 Å². The molecule has 1 saturated carbocycles. The average Bonchev–Trinajstić information content (AvgIpc) is 2.42. The maximum absolute atomic E-state index is 9.91. The summed E-state index contributed by atoms with van der Waals surface area (Å²) in [5.74, 6) is 0.936. The van der Waals surface area contributed by atoms with E-state index in [4.69, 9.17) is 0 Å². The highest BCUT2D eigenvalue weighted by atomic mass is 16.3. The number of likely N-dealkylation sites (N-methyl/N-ethyl adjacent to an activating group) is 1. The molecule has 1 unspecified atom stereocenters. The first kappa shape index (κ1) is 15.9. The quantitative estimate of drug-likeness (QED) is 0.621. The number of aliphatic hydroxyl groups excluding tert-OH is 1. The highest BCUT2D eigenvalue weighted by molar-refractivity contribution is 4.69. The van der Waals surface area contributed by atoms with Crippen LogP contribution in [0.5, 0.6) is 0 Å². The van der Waals surface area contributed by atoms with E-state index in [9.17, 15) is 5.11 Å². The monoisotopic (exact) mass is 256 g/mol. The maximum atomic E-state index is 9.91. The molecule has 0 aromatic carbocycles. The van der Waals surface area contributed by atoms with Gasteiger partial charge in [-0.1, -0.05) is 46.0 Å². The van der Waals surface area contributed by atoms with Gasteiger partial charge in [-0.3, -0.25) is 0 Å². The van der Waals surface area contributed by atoms with E-state index in [-0.39, 0.29) is 6.10 Å². The summed E-state index contributed by atoms with van der Waals surface area (Å²) in [5.41, 5.74) is 0. The molecular formula is C15H32N2O. The van der Waals surface area contributed by atoms with Crippen LogP contribution in [0.3, 0.4) is 0 Å². The van der Waals surface area contributed by atoms with Crippen molar-refractivity contribution in [2.45, 2.75) is 58.5 Å². The van der Waals surface area contributed by atoms with Crippen LogP contribution in [-0.2, 0) is 0 Å². The second-order valence-corrected chi connectivity index (χ2v) is 5.64. The molecule has 0 amide bonds. The van der Waals surface area contributed by atoms with E-state index in [2.05, 4.69) is 24.1 Å². The minimum atomic E-state index is -0.226. The van der Waals surface area contributed by atoms with Gasteiger partial charge in [-0.05, 0) is 32.0 Å². The van der Waals surface area contributed by atoms with E-state index < -0.39 is 0 Å². The predicted octanol–water partition coefficient (Wildman–Crippen LogP) is 2.25. The summed E-state index contributed by atoms with van der Waals surface area (Å²) in [7, 11) is 0. The van der Waals surface area contributed by atoms with E-state index in [1.807, 2.05) is 0 Å². The van der Waals surface area contributed by atoms with E-state index in [1.54, 1.807) is 0 Å². The van der Waals surface area contributed by atoms with Crippen molar-refractivity contribution >= 4 is 0 Å². The Kier molecular flexibility index (Phi) is 8.64. The summed E-state index contributed by atoms with van der Waals surface area (Å²) in [6.45, 7) is 8.94. The second kappa shape index (κ2) is 9.76. The number of aliphatic hydroxyl groups is 1. The number of hydrogen-bond donors (Lipinski definition) is 2. The van der Waals surface area contributed by atoms with Crippen LogP contribution in [0.15, 0.2) is 0 Å². The van der Waals surface area contributed by atoms with Gasteiger partial charge in [-0.15, -0.1) is 0 Å². The number of rotatable bonds is 9. The normalized spacial score (nSPS) is 19.3. The van der Waals surface area contributed by atoms with Gasteiger partial charge in [-0.25, -0.2) is 0 Å². The van der Waals surface area contributed by atoms with Crippen molar-refractivity contribution < 1.29 is 5.11 Å². The molecule has 0 spiro atoms. The zero-order valence-electron chi connectivity index (χ0n) is 12.3. The van der Waals surface area contributed by atoms with Crippen LogP contribution < -0.4 is 5.32 Å². The first-order valence-electron chi connectivity index (χ1n) is 7.87. The minimum Gasteiger partial charge on any atom is -0.390 e. The third-order valence-corrected chi connectivity index (χ3v) is 4.20. The Labute approximate surface area is 113 Å². The molecule has 0 saturated heterocycles. The molecule has 0 aromatic rings. The first-order chi connectivity index (χ1) is 8.76. The fraction of sp³-hybridized carbons (Fsp3) is 1.00. The van der Waals surface area contributed by atoms with E-state index in [0.29, 0.717) is 0 Å². The fourth-order valence-corrected chi connectivity index (χ4v) is 2.90. The van der Waals surface area contributed by atoms with Crippen molar-refractivity contribution in [1.29, 1.82) is 0 Å². The smallest absolute Gasteiger partial charge is 0.0791 e. The Balaban J connectivity index is 1.99. The lowest BCUT2D eigenvalue weighted by atomic mass is 9.87. The van der Waals surface area contributed by atoms with Gasteiger partial charge in [0, 0.05) is 13.1 Å². The number of hydrogen-bond acceptors (Lipinski definition) is 3. The summed E-state index contributed by atoms with van der Waals surface area (Å²) in [5, 5.41) is 13.3. The fourth-order valence-electron chi connectivity index (χ4n) is 2.90. The van der Waals surface area contributed by atoms with Crippen LogP contribution >= 0.6 is 0 Å². The molecule has 108 valence electrons. The first-order valence-corrected chi connectivity index (χ1v) is 7.87.